The van der Waals surface area contributed by atoms with E-state index in [-0.39, 0.29) is 11.3 Å². The minimum Gasteiger partial charge on any atom is -0.507 e. The number of ether oxygens (including phenoxy) is 1. The van der Waals surface area contributed by atoms with Crippen LogP contribution in [0.4, 0.5) is 0 Å². The fraction of sp³-hybridized carbons (Fsp3) is 0.0769. The molecule has 1 amide bonds. The van der Waals surface area contributed by atoms with Crippen molar-refractivity contribution in [3.8, 4) is 11.5 Å². The molecule has 0 aliphatic heterocycles. The first-order valence-electron chi connectivity index (χ1n) is 9.92. The molecule has 0 atom stereocenters. The molecule has 31 heavy (non-hydrogen) atoms. The molecule has 154 valence electrons. The Bertz CT molecular complexity index is 1230. The van der Waals surface area contributed by atoms with Gasteiger partial charge in [0.05, 0.1) is 11.8 Å². The molecule has 0 saturated carbocycles. The maximum Gasteiger partial charge on any atom is 0.275 e. The third-order valence-electron chi connectivity index (χ3n) is 4.89. The zero-order valence-corrected chi connectivity index (χ0v) is 17.1. The second-order valence-electron chi connectivity index (χ2n) is 7.26. The fourth-order valence-electron chi connectivity index (χ4n) is 3.14. The Morgan fingerprint density at radius 2 is 1.65 bits per heavy atom. The molecule has 0 radical (unpaired) electrons. The van der Waals surface area contributed by atoms with E-state index in [0.717, 1.165) is 27.6 Å². The average Bonchev–Trinajstić information content (AvgIpc) is 2.79. The number of hydrogen-bond acceptors (Lipinski definition) is 4. The largest absolute Gasteiger partial charge is 0.507 e. The van der Waals surface area contributed by atoms with Crippen LogP contribution in [0, 0.1) is 6.92 Å². The molecule has 2 N–H and O–H groups in total. The Morgan fingerprint density at radius 3 is 2.35 bits per heavy atom. The topological polar surface area (TPSA) is 70.9 Å². The number of amides is 1. The van der Waals surface area contributed by atoms with Gasteiger partial charge < -0.3 is 9.84 Å². The van der Waals surface area contributed by atoms with Crippen molar-refractivity contribution in [2.75, 3.05) is 0 Å². The lowest BCUT2D eigenvalue weighted by molar-refractivity contribution is 0.0952. The first kappa shape index (κ1) is 20.2. The summed E-state index contributed by atoms with van der Waals surface area (Å²) in [6, 6.07) is 26.4. The highest BCUT2D eigenvalue weighted by Crippen LogP contribution is 2.24. The third kappa shape index (κ3) is 5.08. The number of hydrogen-bond donors (Lipinski definition) is 2. The van der Waals surface area contributed by atoms with E-state index in [1.807, 2.05) is 60.7 Å². The summed E-state index contributed by atoms with van der Waals surface area (Å²) < 4.78 is 5.79. The second-order valence-corrected chi connectivity index (χ2v) is 7.26. The number of rotatable bonds is 6. The van der Waals surface area contributed by atoms with E-state index in [0.29, 0.717) is 6.61 Å². The van der Waals surface area contributed by atoms with Crippen LogP contribution in [0.1, 0.15) is 27.0 Å². The van der Waals surface area contributed by atoms with E-state index in [1.165, 1.54) is 5.56 Å². The molecular formula is C26H22N2O3. The number of carbonyl (C=O) groups is 1. The standard InChI is InChI=1S/C26H22N2O3/c1-18-6-8-20(9-7-18)17-31-23-12-10-19(11-13-23)16-27-28-26(30)24-14-21-4-2-3-5-22(21)15-25(24)29/h2-16,29H,17H2,1H3,(H,28,30)/b27-16+. The van der Waals surface area contributed by atoms with Crippen LogP contribution >= 0.6 is 0 Å². The minimum absolute atomic E-state index is 0.0820. The highest BCUT2D eigenvalue weighted by atomic mass is 16.5. The average molecular weight is 410 g/mol. The van der Waals surface area contributed by atoms with Gasteiger partial charge in [0.15, 0.2) is 0 Å². The summed E-state index contributed by atoms with van der Waals surface area (Å²) in [5.74, 6) is 0.196. The van der Waals surface area contributed by atoms with E-state index >= 15 is 0 Å². The van der Waals surface area contributed by atoms with Gasteiger partial charge in [-0.3, -0.25) is 4.79 Å². The zero-order chi connectivity index (χ0) is 21.6. The van der Waals surface area contributed by atoms with Crippen molar-refractivity contribution >= 4 is 22.9 Å². The molecule has 0 aliphatic rings. The highest BCUT2D eigenvalue weighted by Gasteiger charge is 2.11. The van der Waals surface area contributed by atoms with Crippen LogP contribution in [0.3, 0.4) is 0 Å². The molecule has 0 aromatic heterocycles. The molecule has 4 aromatic rings. The summed E-state index contributed by atoms with van der Waals surface area (Å²) >= 11 is 0. The van der Waals surface area contributed by atoms with Crippen molar-refractivity contribution in [1.29, 1.82) is 0 Å². The Kier molecular flexibility index (Phi) is 5.94. The lowest BCUT2D eigenvalue weighted by Gasteiger charge is -2.07. The summed E-state index contributed by atoms with van der Waals surface area (Å²) in [6.45, 7) is 2.55. The molecule has 0 bridgehead atoms. The second kappa shape index (κ2) is 9.13. The first-order valence-corrected chi connectivity index (χ1v) is 9.92. The molecule has 0 spiro atoms. The van der Waals surface area contributed by atoms with Crippen LogP contribution in [0.5, 0.6) is 11.5 Å². The lowest BCUT2D eigenvalue weighted by Crippen LogP contribution is -2.17. The number of aryl methyl sites for hydroxylation is 1. The SMILES string of the molecule is Cc1ccc(COc2ccc(/C=N/NC(=O)c3cc4ccccc4cc3O)cc2)cc1. The normalized spacial score (nSPS) is 11.0. The highest BCUT2D eigenvalue weighted by molar-refractivity contribution is 6.01. The summed E-state index contributed by atoms with van der Waals surface area (Å²) in [5, 5.41) is 15.9. The van der Waals surface area contributed by atoms with Gasteiger partial charge in [0.2, 0.25) is 0 Å². The van der Waals surface area contributed by atoms with Crippen LogP contribution in [0.2, 0.25) is 0 Å². The maximum atomic E-state index is 12.4. The Hall–Kier alpha value is -4.12. The quantitative estimate of drug-likeness (QED) is 0.339. The molecule has 0 aliphatic carbocycles. The van der Waals surface area contributed by atoms with Crippen LogP contribution in [0.25, 0.3) is 10.8 Å². The summed E-state index contributed by atoms with van der Waals surface area (Å²) in [4.78, 5) is 12.4. The van der Waals surface area contributed by atoms with Gasteiger partial charge in [-0.2, -0.15) is 5.10 Å². The summed E-state index contributed by atoms with van der Waals surface area (Å²) in [7, 11) is 0. The van der Waals surface area contributed by atoms with Gasteiger partial charge >= 0.3 is 0 Å². The molecular weight excluding hydrogens is 388 g/mol. The van der Waals surface area contributed by atoms with Gasteiger partial charge in [-0.25, -0.2) is 5.43 Å². The summed E-state index contributed by atoms with van der Waals surface area (Å²) in [6.07, 6.45) is 1.54. The number of aromatic hydroxyl groups is 1. The molecule has 4 aromatic carbocycles. The predicted octanol–water partition coefficient (Wildman–Crippen LogP) is 5.20. The van der Waals surface area contributed by atoms with Crippen molar-refractivity contribution in [3.63, 3.8) is 0 Å². The van der Waals surface area contributed by atoms with Gasteiger partial charge in [-0.05, 0) is 65.2 Å². The van der Waals surface area contributed by atoms with Crippen molar-refractivity contribution in [3.05, 3.63) is 107 Å². The van der Waals surface area contributed by atoms with Crippen molar-refractivity contribution in [2.45, 2.75) is 13.5 Å². The Labute approximate surface area is 180 Å². The number of nitrogens with one attached hydrogen (secondary N) is 1. The van der Waals surface area contributed by atoms with Gasteiger partial charge in [0, 0.05) is 0 Å². The molecule has 0 heterocycles. The van der Waals surface area contributed by atoms with Crippen LogP contribution in [-0.2, 0) is 6.61 Å². The number of fused-ring (bicyclic) bond motifs is 1. The molecule has 5 nitrogen and oxygen atoms in total. The van der Waals surface area contributed by atoms with E-state index < -0.39 is 5.91 Å². The number of benzene rings is 4. The van der Waals surface area contributed by atoms with Crippen molar-refractivity contribution < 1.29 is 14.6 Å². The number of phenolic OH excluding ortho intramolecular Hbond substituents is 1. The monoisotopic (exact) mass is 410 g/mol. The van der Waals surface area contributed by atoms with E-state index in [4.69, 9.17) is 4.74 Å². The van der Waals surface area contributed by atoms with Crippen LogP contribution in [-0.4, -0.2) is 17.2 Å². The summed E-state index contributed by atoms with van der Waals surface area (Å²) in [5.41, 5.74) is 5.77. The molecule has 4 rings (SSSR count). The van der Waals surface area contributed by atoms with Crippen molar-refractivity contribution in [2.24, 2.45) is 5.10 Å². The number of hydrazone groups is 1. The Morgan fingerprint density at radius 1 is 0.968 bits per heavy atom. The smallest absolute Gasteiger partial charge is 0.275 e. The third-order valence-corrected chi connectivity index (χ3v) is 4.89. The zero-order valence-electron chi connectivity index (χ0n) is 17.1. The fourth-order valence-corrected chi connectivity index (χ4v) is 3.14. The Balaban J connectivity index is 1.35. The van der Waals surface area contributed by atoms with Crippen LogP contribution < -0.4 is 10.2 Å². The van der Waals surface area contributed by atoms with Crippen molar-refractivity contribution in [1.82, 2.24) is 5.43 Å². The first-order chi connectivity index (χ1) is 15.1. The van der Waals surface area contributed by atoms with E-state index in [2.05, 4.69) is 29.6 Å². The van der Waals surface area contributed by atoms with Gasteiger partial charge in [0.25, 0.3) is 5.91 Å². The van der Waals surface area contributed by atoms with Gasteiger partial charge in [-0.1, -0.05) is 54.1 Å². The lowest BCUT2D eigenvalue weighted by atomic mass is 10.1. The van der Waals surface area contributed by atoms with Gasteiger partial charge in [-0.15, -0.1) is 0 Å². The molecule has 0 saturated heterocycles. The minimum atomic E-state index is -0.474. The molecule has 5 heteroatoms. The predicted molar refractivity (Wildman–Crippen MR) is 123 cm³/mol. The van der Waals surface area contributed by atoms with E-state index in [1.54, 1.807) is 18.3 Å². The number of nitrogens with zero attached hydrogens (tertiary/aromatic N) is 1. The molecule has 0 unspecified atom stereocenters. The molecule has 0 fully saturated rings. The van der Waals surface area contributed by atoms with Gasteiger partial charge in [0.1, 0.15) is 18.1 Å². The maximum absolute atomic E-state index is 12.4. The van der Waals surface area contributed by atoms with Crippen LogP contribution in [0.15, 0.2) is 90.0 Å². The number of carbonyl (C=O) groups excluding carboxylic acids is 1. The van der Waals surface area contributed by atoms with E-state index in [9.17, 15) is 9.90 Å². The number of phenols is 1.